The molecular weight excluding hydrogens is 186 g/mol. The number of likely N-dealkylation sites (N-methyl/N-ethyl adjacent to an activating group) is 1. The first-order valence-corrected chi connectivity index (χ1v) is 5.54. The van der Waals surface area contributed by atoms with Gasteiger partial charge in [-0.1, -0.05) is 13.2 Å². The molecule has 2 aliphatic heterocycles. The van der Waals surface area contributed by atoms with Crippen LogP contribution in [-0.4, -0.2) is 25.1 Å². The fraction of sp³-hybridized carbons (Fsp3) is 0.538. The van der Waals surface area contributed by atoms with E-state index in [1.54, 1.807) is 0 Å². The molecule has 0 spiro atoms. The molecule has 1 fully saturated rings. The lowest BCUT2D eigenvalue weighted by atomic mass is 9.83. The van der Waals surface area contributed by atoms with E-state index in [4.69, 9.17) is 4.74 Å². The summed E-state index contributed by atoms with van der Waals surface area (Å²) in [6.45, 7) is 12.1. The Labute approximate surface area is 91.9 Å². The Balaban J connectivity index is 2.47. The van der Waals surface area contributed by atoms with Crippen molar-refractivity contribution in [2.24, 2.45) is 5.92 Å². The predicted octanol–water partition coefficient (Wildman–Crippen LogP) is 2.70. The van der Waals surface area contributed by atoms with Crippen molar-refractivity contribution < 1.29 is 4.74 Å². The summed E-state index contributed by atoms with van der Waals surface area (Å²) < 4.78 is 5.56. The molecular formula is C13H19NO. The molecule has 82 valence electrons. The molecule has 0 radical (unpaired) electrons. The average molecular weight is 205 g/mol. The molecule has 0 amide bonds. The van der Waals surface area contributed by atoms with E-state index in [1.807, 2.05) is 0 Å². The van der Waals surface area contributed by atoms with Crippen molar-refractivity contribution in [1.82, 2.24) is 4.90 Å². The summed E-state index contributed by atoms with van der Waals surface area (Å²) in [4.78, 5) is 2.27. The van der Waals surface area contributed by atoms with E-state index in [0.29, 0.717) is 5.92 Å². The van der Waals surface area contributed by atoms with Crippen LogP contribution in [0.3, 0.4) is 0 Å². The highest BCUT2D eigenvalue weighted by Gasteiger charge is 2.31. The minimum atomic E-state index is 0.633. The first-order chi connectivity index (χ1) is 7.11. The monoisotopic (exact) mass is 205 g/mol. The van der Waals surface area contributed by atoms with Crippen LogP contribution in [0.2, 0.25) is 0 Å². The standard InChI is InChI=1S/C13H19NO/c1-9(2)13-12-10(3)15-8-6-11(12)5-7-14(13)4/h11H,1,3,5-8H2,2,4H3. The molecule has 2 aliphatic rings. The molecule has 0 saturated carbocycles. The van der Waals surface area contributed by atoms with Gasteiger partial charge >= 0.3 is 0 Å². The Kier molecular flexibility index (Phi) is 2.59. The summed E-state index contributed by atoms with van der Waals surface area (Å²) in [5.74, 6) is 1.49. The van der Waals surface area contributed by atoms with E-state index in [0.717, 1.165) is 30.9 Å². The first kappa shape index (κ1) is 10.3. The number of allylic oxidation sites excluding steroid dienone is 2. The quantitative estimate of drug-likeness (QED) is 0.652. The van der Waals surface area contributed by atoms with Gasteiger partial charge in [0.15, 0.2) is 0 Å². The smallest absolute Gasteiger partial charge is 0.117 e. The van der Waals surface area contributed by atoms with Crippen LogP contribution < -0.4 is 0 Å². The summed E-state index contributed by atoms with van der Waals surface area (Å²) in [6.07, 6.45) is 2.34. The van der Waals surface area contributed by atoms with Crippen molar-refractivity contribution in [2.45, 2.75) is 19.8 Å². The second-order valence-corrected chi connectivity index (χ2v) is 4.51. The highest BCUT2D eigenvalue weighted by atomic mass is 16.5. The molecule has 2 heterocycles. The van der Waals surface area contributed by atoms with Gasteiger partial charge in [-0.05, 0) is 31.3 Å². The van der Waals surface area contributed by atoms with Gasteiger partial charge in [0.05, 0.1) is 6.61 Å². The zero-order valence-electron chi connectivity index (χ0n) is 9.68. The minimum Gasteiger partial charge on any atom is -0.494 e. The SMILES string of the molecule is C=C(C)C1=C2C(=C)OCCC2CCN1C. The number of hydrogen-bond donors (Lipinski definition) is 0. The normalized spacial score (nSPS) is 26.1. The Morgan fingerprint density at radius 1 is 1.47 bits per heavy atom. The fourth-order valence-electron chi connectivity index (χ4n) is 2.61. The maximum Gasteiger partial charge on any atom is 0.117 e. The molecule has 2 nitrogen and oxygen atoms in total. The largest absolute Gasteiger partial charge is 0.494 e. The van der Waals surface area contributed by atoms with Crippen molar-refractivity contribution >= 4 is 0 Å². The van der Waals surface area contributed by atoms with Gasteiger partial charge in [-0.15, -0.1) is 0 Å². The molecule has 2 heteroatoms. The number of fused-ring (bicyclic) bond motifs is 1. The predicted molar refractivity (Wildman–Crippen MR) is 62.3 cm³/mol. The Hall–Kier alpha value is -1.18. The van der Waals surface area contributed by atoms with Crippen LogP contribution in [0, 0.1) is 5.92 Å². The van der Waals surface area contributed by atoms with Gasteiger partial charge in [0.25, 0.3) is 0 Å². The lowest BCUT2D eigenvalue weighted by Crippen LogP contribution is -2.33. The number of rotatable bonds is 1. The summed E-state index contributed by atoms with van der Waals surface area (Å²) in [5.41, 5.74) is 3.65. The van der Waals surface area contributed by atoms with Gasteiger partial charge in [0.2, 0.25) is 0 Å². The van der Waals surface area contributed by atoms with Crippen LogP contribution in [0.4, 0.5) is 0 Å². The molecule has 0 N–H and O–H groups in total. The highest BCUT2D eigenvalue weighted by molar-refractivity contribution is 5.42. The molecule has 2 rings (SSSR count). The van der Waals surface area contributed by atoms with Crippen molar-refractivity contribution in [3.8, 4) is 0 Å². The van der Waals surface area contributed by atoms with Crippen molar-refractivity contribution in [2.75, 3.05) is 20.2 Å². The molecule has 0 aliphatic carbocycles. The summed E-state index contributed by atoms with van der Waals surface area (Å²) in [6, 6.07) is 0. The average Bonchev–Trinajstić information content (AvgIpc) is 2.18. The van der Waals surface area contributed by atoms with E-state index < -0.39 is 0 Å². The van der Waals surface area contributed by atoms with Crippen molar-refractivity contribution in [3.63, 3.8) is 0 Å². The Morgan fingerprint density at radius 3 is 2.87 bits per heavy atom. The van der Waals surface area contributed by atoms with Gasteiger partial charge in [0, 0.05) is 24.9 Å². The third kappa shape index (κ3) is 1.69. The second-order valence-electron chi connectivity index (χ2n) is 4.51. The summed E-state index contributed by atoms with van der Waals surface area (Å²) >= 11 is 0. The molecule has 0 aromatic carbocycles. The van der Waals surface area contributed by atoms with Gasteiger partial charge in [0.1, 0.15) is 5.76 Å². The van der Waals surface area contributed by atoms with Gasteiger partial charge in [-0.25, -0.2) is 0 Å². The minimum absolute atomic E-state index is 0.633. The number of nitrogens with zero attached hydrogens (tertiary/aromatic N) is 1. The molecule has 0 aromatic heterocycles. The maximum absolute atomic E-state index is 5.56. The number of hydrogen-bond acceptors (Lipinski definition) is 2. The summed E-state index contributed by atoms with van der Waals surface area (Å²) in [7, 11) is 2.12. The fourth-order valence-corrected chi connectivity index (χ4v) is 2.61. The van der Waals surface area contributed by atoms with Gasteiger partial charge in [-0.2, -0.15) is 0 Å². The van der Waals surface area contributed by atoms with E-state index >= 15 is 0 Å². The van der Waals surface area contributed by atoms with E-state index in [1.165, 1.54) is 17.7 Å². The van der Waals surface area contributed by atoms with E-state index in [2.05, 4.69) is 32.0 Å². The van der Waals surface area contributed by atoms with E-state index in [-0.39, 0.29) is 0 Å². The van der Waals surface area contributed by atoms with Crippen molar-refractivity contribution in [1.29, 1.82) is 0 Å². The van der Waals surface area contributed by atoms with Gasteiger partial charge < -0.3 is 9.64 Å². The van der Waals surface area contributed by atoms with Gasteiger partial charge in [-0.3, -0.25) is 0 Å². The third-order valence-electron chi connectivity index (χ3n) is 3.31. The molecule has 0 bridgehead atoms. The first-order valence-electron chi connectivity index (χ1n) is 5.54. The number of ether oxygens (including phenoxy) is 1. The molecule has 1 atom stereocenters. The lowest BCUT2D eigenvalue weighted by Gasteiger charge is -2.39. The highest BCUT2D eigenvalue weighted by Crippen LogP contribution is 2.39. The topological polar surface area (TPSA) is 12.5 Å². The Morgan fingerprint density at radius 2 is 2.20 bits per heavy atom. The molecule has 0 aromatic rings. The van der Waals surface area contributed by atoms with Crippen LogP contribution in [0.1, 0.15) is 19.8 Å². The lowest BCUT2D eigenvalue weighted by molar-refractivity contribution is 0.150. The maximum atomic E-state index is 5.56. The molecule has 15 heavy (non-hydrogen) atoms. The van der Waals surface area contributed by atoms with Crippen LogP contribution >= 0.6 is 0 Å². The van der Waals surface area contributed by atoms with Crippen molar-refractivity contribution in [3.05, 3.63) is 35.8 Å². The zero-order valence-corrected chi connectivity index (χ0v) is 9.68. The van der Waals surface area contributed by atoms with Crippen LogP contribution in [0.5, 0.6) is 0 Å². The summed E-state index contributed by atoms with van der Waals surface area (Å²) in [5, 5.41) is 0. The zero-order chi connectivity index (χ0) is 11.0. The van der Waals surface area contributed by atoms with Crippen LogP contribution in [0.25, 0.3) is 0 Å². The molecule has 1 unspecified atom stereocenters. The molecule has 1 saturated heterocycles. The third-order valence-corrected chi connectivity index (χ3v) is 3.31. The second kappa shape index (κ2) is 3.76. The van der Waals surface area contributed by atoms with E-state index in [9.17, 15) is 0 Å². The Bertz CT molecular complexity index is 340. The van der Waals surface area contributed by atoms with Crippen LogP contribution in [-0.2, 0) is 4.74 Å². The van der Waals surface area contributed by atoms with Crippen LogP contribution in [0.15, 0.2) is 35.8 Å².